The molecule has 5 unspecified atom stereocenters. The maximum absolute atomic E-state index is 13.5. The molecule has 5 atom stereocenters. The first-order valence-corrected chi connectivity index (χ1v) is 19.1. The lowest BCUT2D eigenvalue weighted by Gasteiger charge is -2.31. The van der Waals surface area contributed by atoms with Gasteiger partial charge in [-0.25, -0.2) is 19.7 Å². The summed E-state index contributed by atoms with van der Waals surface area (Å²) in [4.78, 5) is 63.2. The van der Waals surface area contributed by atoms with Crippen LogP contribution in [0.1, 0.15) is 88.4 Å². The van der Waals surface area contributed by atoms with Crippen LogP contribution in [0.5, 0.6) is 0 Å². The number of hydrogen-bond donors (Lipinski definition) is 5. The van der Waals surface area contributed by atoms with Crippen LogP contribution in [-0.2, 0) is 19.1 Å². The number of carbonyl (C=O) groups excluding carboxylic acids is 3. The van der Waals surface area contributed by atoms with E-state index in [9.17, 15) is 19.5 Å². The van der Waals surface area contributed by atoms with Gasteiger partial charge in [-0.2, -0.15) is 0 Å². The molecule has 0 radical (unpaired) electrons. The molecule has 3 amide bonds. The average molecular weight is 766 g/mol. The Bertz CT molecular complexity index is 2030. The SMILES string of the molecule is COC(=O)NC(C(=O)N1CCCC1c1ncc(-c2ccc(C#Cc3ccc(-c4cnc(C5CCCN5C(=O)C(NC(O)OC)C(C)C)[nH]4)cc3)nc2)[nH]1)C(C)C. The molecule has 1 aromatic carbocycles. The highest BCUT2D eigenvalue weighted by atomic mass is 16.6. The molecule has 2 aliphatic heterocycles. The molecule has 0 saturated carbocycles. The summed E-state index contributed by atoms with van der Waals surface area (Å²) < 4.78 is 9.68. The molecular weight excluding hydrogens is 715 g/mol. The maximum Gasteiger partial charge on any atom is 0.407 e. The maximum atomic E-state index is 13.5. The number of H-pyrrole nitrogens is 2. The van der Waals surface area contributed by atoms with Crippen LogP contribution in [-0.4, -0.2) is 104 Å². The molecule has 3 aromatic heterocycles. The molecular formula is C41H51N9O6. The van der Waals surface area contributed by atoms with E-state index in [1.54, 1.807) is 23.5 Å². The zero-order valence-corrected chi connectivity index (χ0v) is 32.7. The number of benzene rings is 1. The largest absolute Gasteiger partial charge is 0.453 e. The number of likely N-dealkylation sites (tertiary alicyclic amines) is 2. The van der Waals surface area contributed by atoms with Gasteiger partial charge in [0, 0.05) is 37.5 Å². The van der Waals surface area contributed by atoms with E-state index in [1.807, 2.05) is 69.0 Å². The highest BCUT2D eigenvalue weighted by molar-refractivity contribution is 5.86. The van der Waals surface area contributed by atoms with E-state index in [-0.39, 0.29) is 35.7 Å². The Morgan fingerprint density at radius 3 is 1.84 bits per heavy atom. The summed E-state index contributed by atoms with van der Waals surface area (Å²) in [6, 6.07) is 9.93. The molecule has 0 aliphatic carbocycles. The van der Waals surface area contributed by atoms with Gasteiger partial charge in [0.15, 0.2) is 0 Å². The van der Waals surface area contributed by atoms with Crippen molar-refractivity contribution in [3.8, 4) is 34.4 Å². The third-order valence-electron chi connectivity index (χ3n) is 10.4. The molecule has 2 aliphatic rings. The summed E-state index contributed by atoms with van der Waals surface area (Å²) in [5.41, 5.74) is 4.85. The molecule has 15 heteroatoms. The number of aromatic nitrogens is 5. The van der Waals surface area contributed by atoms with Crippen LogP contribution in [0.2, 0.25) is 0 Å². The lowest BCUT2D eigenvalue weighted by Crippen LogP contribution is -2.52. The van der Waals surface area contributed by atoms with Gasteiger partial charge >= 0.3 is 6.09 Å². The molecule has 0 bridgehead atoms. The van der Waals surface area contributed by atoms with Crippen LogP contribution < -0.4 is 10.6 Å². The Labute approximate surface area is 327 Å². The summed E-state index contributed by atoms with van der Waals surface area (Å²) in [5.74, 6) is 7.33. The molecule has 15 nitrogen and oxygen atoms in total. The van der Waals surface area contributed by atoms with Crippen molar-refractivity contribution in [2.24, 2.45) is 11.8 Å². The van der Waals surface area contributed by atoms with E-state index in [2.05, 4.69) is 47.4 Å². The van der Waals surface area contributed by atoms with Gasteiger partial charge in [0.2, 0.25) is 18.2 Å². The lowest BCUT2D eigenvalue weighted by molar-refractivity contribution is -0.145. The van der Waals surface area contributed by atoms with Crippen LogP contribution in [0.25, 0.3) is 22.5 Å². The summed E-state index contributed by atoms with van der Waals surface area (Å²) in [6.07, 6.45) is 6.67. The molecule has 5 N–H and O–H groups in total. The van der Waals surface area contributed by atoms with Crippen LogP contribution >= 0.6 is 0 Å². The van der Waals surface area contributed by atoms with Gasteiger partial charge in [0.25, 0.3) is 0 Å². The Balaban J connectivity index is 1.07. The van der Waals surface area contributed by atoms with Crippen molar-refractivity contribution in [2.75, 3.05) is 27.3 Å². The number of nitrogens with zero attached hydrogens (tertiary/aromatic N) is 5. The molecule has 296 valence electrons. The topological polar surface area (TPSA) is 191 Å². The van der Waals surface area contributed by atoms with Gasteiger partial charge in [0.05, 0.1) is 49.0 Å². The van der Waals surface area contributed by atoms with Crippen LogP contribution in [0, 0.1) is 23.7 Å². The number of ether oxygens (including phenoxy) is 2. The molecule has 2 fully saturated rings. The van der Waals surface area contributed by atoms with E-state index < -0.39 is 24.6 Å². The lowest BCUT2D eigenvalue weighted by atomic mass is 10.0. The number of imidazole rings is 2. The predicted molar refractivity (Wildman–Crippen MR) is 208 cm³/mol. The second-order valence-corrected chi connectivity index (χ2v) is 14.8. The minimum Gasteiger partial charge on any atom is -0.453 e. The Morgan fingerprint density at radius 1 is 0.768 bits per heavy atom. The second-order valence-electron chi connectivity index (χ2n) is 14.8. The average Bonchev–Trinajstić information content (AvgIpc) is 4.04. The predicted octanol–water partition coefficient (Wildman–Crippen LogP) is 4.51. The molecule has 0 spiro atoms. The third kappa shape index (κ3) is 9.10. The fourth-order valence-electron chi connectivity index (χ4n) is 7.26. The van der Waals surface area contributed by atoms with Gasteiger partial charge < -0.3 is 39.7 Å². The van der Waals surface area contributed by atoms with E-state index >= 15 is 0 Å². The number of methoxy groups -OCH3 is 2. The quantitative estimate of drug-likeness (QED) is 0.101. The fourth-order valence-corrected chi connectivity index (χ4v) is 7.26. The number of aromatic amines is 2. The zero-order valence-electron chi connectivity index (χ0n) is 32.7. The van der Waals surface area contributed by atoms with Gasteiger partial charge in [-0.1, -0.05) is 45.7 Å². The van der Waals surface area contributed by atoms with Crippen LogP contribution in [0.3, 0.4) is 0 Å². The monoisotopic (exact) mass is 765 g/mol. The number of aliphatic hydroxyl groups is 1. The molecule has 4 aromatic rings. The minimum atomic E-state index is -1.23. The number of rotatable bonds is 12. The van der Waals surface area contributed by atoms with E-state index in [4.69, 9.17) is 9.47 Å². The highest BCUT2D eigenvalue weighted by Gasteiger charge is 2.39. The smallest absolute Gasteiger partial charge is 0.407 e. The number of hydrogen-bond acceptors (Lipinski definition) is 10. The third-order valence-corrected chi connectivity index (χ3v) is 10.4. The minimum absolute atomic E-state index is 0.0495. The summed E-state index contributed by atoms with van der Waals surface area (Å²) in [5, 5.41) is 15.5. The van der Waals surface area contributed by atoms with Gasteiger partial charge in [-0.3, -0.25) is 14.9 Å². The van der Waals surface area contributed by atoms with Crippen molar-refractivity contribution >= 4 is 17.9 Å². The Kier molecular flexibility index (Phi) is 12.8. The number of aliphatic hydroxyl groups excluding tert-OH is 1. The number of alkyl carbamates (subject to hydrolysis) is 1. The van der Waals surface area contributed by atoms with E-state index in [0.29, 0.717) is 24.6 Å². The summed E-state index contributed by atoms with van der Waals surface area (Å²) >= 11 is 0. The van der Waals surface area contributed by atoms with Gasteiger partial charge in [-0.05, 0) is 73.3 Å². The Morgan fingerprint density at radius 2 is 1.32 bits per heavy atom. The fraction of sp³-hybridized carbons (Fsp3) is 0.463. The molecule has 56 heavy (non-hydrogen) atoms. The Hall–Kier alpha value is -5.56. The summed E-state index contributed by atoms with van der Waals surface area (Å²) in [6.45, 7) is 8.84. The van der Waals surface area contributed by atoms with E-state index in [0.717, 1.165) is 59.6 Å². The van der Waals surface area contributed by atoms with Crippen molar-refractivity contribution in [3.05, 3.63) is 77.9 Å². The van der Waals surface area contributed by atoms with E-state index in [1.165, 1.54) is 14.2 Å². The standard InChI is InChI=1S/C41H51N9O6/c1-24(2)34(47-40(53)55-5)38(51)49-19-7-9-32(49)36-43-22-30(45-36)27-14-11-26(12-15-27)13-17-29-18-16-28(21-42-29)31-23-44-37(46-31)33-10-8-20-50(33)39(52)35(25(3)4)48-41(54)56-6/h11-12,14-16,18,21-25,32-35,40,47,53H,7-10,19-20H2,1-6H3,(H,43,45)(H,44,46)(H,48,54). The van der Waals surface area contributed by atoms with Crippen molar-refractivity contribution < 1.29 is 29.0 Å². The van der Waals surface area contributed by atoms with Crippen molar-refractivity contribution in [2.45, 2.75) is 84.0 Å². The highest BCUT2D eigenvalue weighted by Crippen LogP contribution is 2.34. The summed E-state index contributed by atoms with van der Waals surface area (Å²) in [7, 11) is 2.66. The number of amides is 3. The first-order valence-electron chi connectivity index (χ1n) is 19.1. The van der Waals surface area contributed by atoms with Crippen molar-refractivity contribution in [1.82, 2.24) is 45.4 Å². The van der Waals surface area contributed by atoms with Crippen molar-refractivity contribution in [3.63, 3.8) is 0 Å². The number of pyridine rings is 1. The van der Waals surface area contributed by atoms with Crippen molar-refractivity contribution in [1.29, 1.82) is 0 Å². The number of carbonyl (C=O) groups is 3. The zero-order chi connectivity index (χ0) is 39.9. The molecule has 6 rings (SSSR count). The second kappa shape index (κ2) is 17.9. The van der Waals surface area contributed by atoms with Gasteiger partial charge in [0.1, 0.15) is 23.4 Å². The first kappa shape index (κ1) is 40.1. The van der Waals surface area contributed by atoms with Gasteiger partial charge in [-0.15, -0.1) is 0 Å². The van der Waals surface area contributed by atoms with Crippen LogP contribution in [0.15, 0.2) is 55.0 Å². The number of nitrogens with one attached hydrogen (secondary N) is 4. The molecule has 5 heterocycles. The normalized spacial score (nSPS) is 18.4. The molecule has 2 saturated heterocycles. The first-order chi connectivity index (χ1) is 27.0. The van der Waals surface area contributed by atoms with Crippen LogP contribution in [0.4, 0.5) is 4.79 Å².